The Labute approximate surface area is 155 Å². The maximum Gasteiger partial charge on any atom is 0.341 e. The number of hydrogen-bond acceptors (Lipinski definition) is 5. The molecule has 2 heterocycles. The highest BCUT2D eigenvalue weighted by Gasteiger charge is 2.23. The molecule has 1 aromatic carbocycles. The molecule has 5 nitrogen and oxygen atoms in total. The lowest BCUT2D eigenvalue weighted by molar-refractivity contribution is 0.0529. The van der Waals surface area contributed by atoms with Gasteiger partial charge in [-0.2, -0.15) is 0 Å². The molecule has 0 bridgehead atoms. The van der Waals surface area contributed by atoms with Crippen molar-refractivity contribution in [3.05, 3.63) is 70.9 Å². The summed E-state index contributed by atoms with van der Waals surface area (Å²) in [7, 11) is 0. The molecule has 26 heavy (non-hydrogen) atoms. The monoisotopic (exact) mass is 366 g/mol. The number of pyridine rings is 1. The fourth-order valence-electron chi connectivity index (χ4n) is 2.47. The molecule has 0 atom stereocenters. The SMILES string of the molecule is CCOC(=O)c1c(-c2ccc(C)cc2)csc1NC(=O)c1ccccn1. The van der Waals surface area contributed by atoms with Gasteiger partial charge in [-0.25, -0.2) is 4.79 Å². The molecule has 1 N–H and O–H groups in total. The number of nitrogens with zero attached hydrogens (tertiary/aromatic N) is 1. The van der Waals surface area contributed by atoms with Crippen LogP contribution >= 0.6 is 11.3 Å². The van der Waals surface area contributed by atoms with Crippen LogP contribution in [-0.2, 0) is 4.74 Å². The van der Waals surface area contributed by atoms with Crippen LogP contribution < -0.4 is 5.32 Å². The first-order valence-electron chi connectivity index (χ1n) is 8.18. The molecule has 0 saturated heterocycles. The number of carbonyl (C=O) groups excluding carboxylic acids is 2. The standard InChI is InChI=1S/C20H18N2O3S/c1-3-25-20(24)17-15(14-9-7-13(2)8-10-14)12-26-19(17)22-18(23)16-6-4-5-11-21-16/h4-12H,3H2,1-2H3,(H,22,23). The predicted octanol–water partition coefficient (Wildman–Crippen LogP) is 4.55. The average molecular weight is 366 g/mol. The number of nitrogens with one attached hydrogen (secondary N) is 1. The number of amides is 1. The van der Waals surface area contributed by atoms with Crippen molar-refractivity contribution in [3.8, 4) is 11.1 Å². The molecule has 0 unspecified atom stereocenters. The zero-order chi connectivity index (χ0) is 18.5. The number of hydrogen-bond donors (Lipinski definition) is 1. The summed E-state index contributed by atoms with van der Waals surface area (Å²) in [5.74, 6) is -0.825. The summed E-state index contributed by atoms with van der Waals surface area (Å²) in [5.41, 5.74) is 3.42. The predicted molar refractivity (Wildman–Crippen MR) is 103 cm³/mol. The number of carbonyl (C=O) groups is 2. The smallest absolute Gasteiger partial charge is 0.341 e. The Morgan fingerprint density at radius 3 is 2.58 bits per heavy atom. The number of esters is 1. The lowest BCUT2D eigenvalue weighted by Crippen LogP contribution is -2.15. The maximum atomic E-state index is 12.5. The van der Waals surface area contributed by atoms with E-state index in [-0.39, 0.29) is 18.2 Å². The van der Waals surface area contributed by atoms with Gasteiger partial charge in [-0.05, 0) is 31.5 Å². The molecular formula is C20H18N2O3S. The largest absolute Gasteiger partial charge is 0.462 e. The molecule has 1 amide bonds. The molecule has 6 heteroatoms. The Balaban J connectivity index is 1.98. The third-order valence-electron chi connectivity index (χ3n) is 3.76. The molecule has 3 aromatic rings. The normalized spacial score (nSPS) is 10.4. The molecule has 2 aromatic heterocycles. The highest BCUT2D eigenvalue weighted by molar-refractivity contribution is 7.15. The Morgan fingerprint density at radius 2 is 1.92 bits per heavy atom. The molecule has 0 spiro atoms. The number of anilines is 1. The first kappa shape index (κ1) is 17.8. The van der Waals surface area contributed by atoms with E-state index >= 15 is 0 Å². The van der Waals surface area contributed by atoms with E-state index in [9.17, 15) is 9.59 Å². The van der Waals surface area contributed by atoms with Crippen LogP contribution in [0.1, 0.15) is 33.3 Å². The van der Waals surface area contributed by atoms with Crippen molar-refractivity contribution in [2.45, 2.75) is 13.8 Å². The van der Waals surface area contributed by atoms with E-state index in [4.69, 9.17) is 4.74 Å². The van der Waals surface area contributed by atoms with Crippen LogP contribution in [-0.4, -0.2) is 23.5 Å². The molecular weight excluding hydrogens is 348 g/mol. The summed E-state index contributed by atoms with van der Waals surface area (Å²) in [6, 6.07) is 13.0. The fourth-order valence-corrected chi connectivity index (χ4v) is 3.42. The van der Waals surface area contributed by atoms with Crippen molar-refractivity contribution in [2.75, 3.05) is 11.9 Å². The second-order valence-electron chi connectivity index (χ2n) is 5.61. The molecule has 0 aliphatic rings. The quantitative estimate of drug-likeness (QED) is 0.673. The minimum absolute atomic E-state index is 0.260. The Morgan fingerprint density at radius 1 is 1.15 bits per heavy atom. The third kappa shape index (κ3) is 3.81. The molecule has 0 radical (unpaired) electrons. The molecule has 0 aliphatic carbocycles. The number of aromatic nitrogens is 1. The van der Waals surface area contributed by atoms with Crippen molar-refractivity contribution >= 4 is 28.2 Å². The molecule has 0 aliphatic heterocycles. The third-order valence-corrected chi connectivity index (χ3v) is 4.65. The van der Waals surface area contributed by atoms with Crippen molar-refractivity contribution in [1.82, 2.24) is 4.98 Å². The van der Waals surface area contributed by atoms with Crippen molar-refractivity contribution < 1.29 is 14.3 Å². The second-order valence-corrected chi connectivity index (χ2v) is 6.49. The number of benzene rings is 1. The van der Waals surface area contributed by atoms with Crippen LogP contribution in [0.2, 0.25) is 0 Å². The van der Waals surface area contributed by atoms with E-state index in [1.54, 1.807) is 31.3 Å². The van der Waals surface area contributed by atoms with E-state index in [0.29, 0.717) is 10.6 Å². The minimum atomic E-state index is -0.458. The summed E-state index contributed by atoms with van der Waals surface area (Å²) in [6.45, 7) is 4.01. The van der Waals surface area contributed by atoms with E-state index in [1.807, 2.05) is 36.6 Å². The van der Waals surface area contributed by atoms with E-state index in [1.165, 1.54) is 11.3 Å². The van der Waals surface area contributed by atoms with Crippen LogP contribution in [0.3, 0.4) is 0 Å². The zero-order valence-electron chi connectivity index (χ0n) is 14.5. The van der Waals surface area contributed by atoms with Gasteiger partial charge in [0, 0.05) is 17.1 Å². The molecule has 132 valence electrons. The Hall–Kier alpha value is -2.99. The second kappa shape index (κ2) is 7.93. The van der Waals surface area contributed by atoms with E-state index in [2.05, 4.69) is 10.3 Å². The number of rotatable bonds is 5. The van der Waals surface area contributed by atoms with Gasteiger partial charge >= 0.3 is 5.97 Å². The minimum Gasteiger partial charge on any atom is -0.462 e. The number of ether oxygens (including phenoxy) is 1. The molecule has 0 fully saturated rings. The van der Waals surface area contributed by atoms with E-state index in [0.717, 1.165) is 16.7 Å². The zero-order valence-corrected chi connectivity index (χ0v) is 15.3. The highest BCUT2D eigenvalue weighted by Crippen LogP contribution is 2.36. The van der Waals surface area contributed by atoms with Crippen molar-refractivity contribution in [3.63, 3.8) is 0 Å². The Kier molecular flexibility index (Phi) is 5.43. The van der Waals surface area contributed by atoms with Gasteiger partial charge in [-0.3, -0.25) is 9.78 Å². The van der Waals surface area contributed by atoms with Gasteiger partial charge in [0.15, 0.2) is 0 Å². The number of aryl methyl sites for hydroxylation is 1. The Bertz CT molecular complexity index is 918. The lowest BCUT2D eigenvalue weighted by atomic mass is 10.0. The van der Waals surface area contributed by atoms with Gasteiger partial charge in [-0.1, -0.05) is 35.9 Å². The van der Waals surface area contributed by atoms with Crippen molar-refractivity contribution in [1.29, 1.82) is 0 Å². The van der Waals surface area contributed by atoms with Gasteiger partial charge in [-0.15, -0.1) is 11.3 Å². The first-order valence-corrected chi connectivity index (χ1v) is 9.06. The molecule has 0 saturated carbocycles. The summed E-state index contributed by atoms with van der Waals surface area (Å²) in [5, 5.41) is 5.09. The molecule has 3 rings (SSSR count). The topological polar surface area (TPSA) is 68.3 Å². The van der Waals surface area contributed by atoms with Crippen LogP contribution in [0.25, 0.3) is 11.1 Å². The van der Waals surface area contributed by atoms with Gasteiger partial charge in [0.1, 0.15) is 16.3 Å². The lowest BCUT2D eigenvalue weighted by Gasteiger charge is -2.09. The van der Waals surface area contributed by atoms with Gasteiger partial charge in [0.2, 0.25) is 0 Å². The highest BCUT2D eigenvalue weighted by atomic mass is 32.1. The fraction of sp³-hybridized carbons (Fsp3) is 0.150. The average Bonchev–Trinajstić information content (AvgIpc) is 3.07. The maximum absolute atomic E-state index is 12.5. The van der Waals surface area contributed by atoms with Crippen LogP contribution in [0.4, 0.5) is 5.00 Å². The summed E-state index contributed by atoms with van der Waals surface area (Å²) >= 11 is 1.29. The first-order chi connectivity index (χ1) is 12.6. The van der Waals surface area contributed by atoms with Crippen LogP contribution in [0.5, 0.6) is 0 Å². The summed E-state index contributed by atoms with van der Waals surface area (Å²) in [4.78, 5) is 29.0. The summed E-state index contributed by atoms with van der Waals surface area (Å²) in [6.07, 6.45) is 1.55. The summed E-state index contributed by atoms with van der Waals surface area (Å²) < 4.78 is 5.20. The van der Waals surface area contributed by atoms with E-state index < -0.39 is 5.97 Å². The van der Waals surface area contributed by atoms with Gasteiger partial charge in [0.25, 0.3) is 5.91 Å². The van der Waals surface area contributed by atoms with Crippen molar-refractivity contribution in [2.24, 2.45) is 0 Å². The number of thiophene rings is 1. The van der Waals surface area contributed by atoms with Gasteiger partial charge < -0.3 is 10.1 Å². The van der Waals surface area contributed by atoms with Crippen LogP contribution in [0.15, 0.2) is 54.0 Å². The van der Waals surface area contributed by atoms with Gasteiger partial charge in [0.05, 0.1) is 6.61 Å². The van der Waals surface area contributed by atoms with Crippen LogP contribution in [0, 0.1) is 6.92 Å².